The number of alkyl halides is 3. The summed E-state index contributed by atoms with van der Waals surface area (Å²) in [7, 11) is 0. The molecule has 0 unspecified atom stereocenters. The maximum atomic E-state index is 12.4. The molecule has 84 valence electrons. The van der Waals surface area contributed by atoms with Crippen LogP contribution in [-0.2, 0) is 6.18 Å². The molecule has 7 heteroatoms. The van der Waals surface area contributed by atoms with Crippen molar-refractivity contribution in [3.63, 3.8) is 0 Å². The zero-order valence-corrected chi connectivity index (χ0v) is 10.0. The van der Waals surface area contributed by atoms with Gasteiger partial charge in [0.25, 0.3) is 0 Å². The normalized spacial score (nSPS) is 11.8. The molecule has 16 heavy (non-hydrogen) atoms. The first-order chi connectivity index (χ1) is 7.47. The van der Waals surface area contributed by atoms with Crippen molar-refractivity contribution in [1.82, 2.24) is 9.97 Å². The molecule has 0 amide bonds. The highest BCUT2D eigenvalue weighted by Gasteiger charge is 2.31. The number of hydrogen-bond acceptors (Lipinski definition) is 3. The zero-order chi connectivity index (χ0) is 11.8. The van der Waals surface area contributed by atoms with Crippen LogP contribution in [0, 0.1) is 0 Å². The number of pyridine rings is 1. The van der Waals surface area contributed by atoms with E-state index >= 15 is 0 Å². The molecule has 0 bridgehead atoms. The molecule has 0 saturated carbocycles. The Balaban J connectivity index is 2.44. The van der Waals surface area contributed by atoms with Gasteiger partial charge < -0.3 is 0 Å². The summed E-state index contributed by atoms with van der Waals surface area (Å²) in [6, 6.07) is 1.04. The van der Waals surface area contributed by atoms with E-state index < -0.39 is 11.7 Å². The lowest BCUT2D eigenvalue weighted by molar-refractivity contribution is -0.137. The lowest BCUT2D eigenvalue weighted by Gasteiger charge is -2.06. The topological polar surface area (TPSA) is 25.8 Å². The summed E-state index contributed by atoms with van der Waals surface area (Å²) >= 11 is 4.46. The van der Waals surface area contributed by atoms with Crippen LogP contribution in [0.25, 0.3) is 11.3 Å². The van der Waals surface area contributed by atoms with Gasteiger partial charge in [-0.3, -0.25) is 4.98 Å². The number of aromatic nitrogens is 2. The largest absolute Gasteiger partial charge is 0.417 e. The Hall–Kier alpha value is -0.950. The van der Waals surface area contributed by atoms with Gasteiger partial charge in [0.1, 0.15) is 0 Å². The molecule has 0 radical (unpaired) electrons. The lowest BCUT2D eigenvalue weighted by atomic mass is 10.1. The molecular weight excluding hydrogens is 305 g/mol. The summed E-state index contributed by atoms with van der Waals surface area (Å²) in [6.45, 7) is 0. The second kappa shape index (κ2) is 4.14. The molecule has 2 aromatic heterocycles. The highest BCUT2D eigenvalue weighted by Crippen LogP contribution is 2.32. The third-order valence-electron chi connectivity index (χ3n) is 1.84. The van der Waals surface area contributed by atoms with Gasteiger partial charge in [-0.2, -0.15) is 13.2 Å². The van der Waals surface area contributed by atoms with Gasteiger partial charge >= 0.3 is 6.18 Å². The van der Waals surface area contributed by atoms with Crippen molar-refractivity contribution in [2.45, 2.75) is 6.18 Å². The Bertz CT molecular complexity index is 509. The quantitative estimate of drug-likeness (QED) is 0.796. The van der Waals surface area contributed by atoms with Gasteiger partial charge in [-0.15, -0.1) is 11.3 Å². The second-order valence-corrected chi connectivity index (χ2v) is 5.08. The minimum atomic E-state index is -4.38. The predicted molar refractivity (Wildman–Crippen MR) is 58.0 cm³/mol. The van der Waals surface area contributed by atoms with Crippen LogP contribution in [0.4, 0.5) is 13.2 Å². The van der Waals surface area contributed by atoms with Crippen LogP contribution >= 0.6 is 27.3 Å². The Kier molecular flexibility index (Phi) is 2.98. The van der Waals surface area contributed by atoms with E-state index in [-0.39, 0.29) is 0 Å². The molecule has 0 aliphatic rings. The first kappa shape index (κ1) is 11.5. The first-order valence-electron chi connectivity index (χ1n) is 4.10. The Morgan fingerprint density at radius 2 is 2.00 bits per heavy atom. The maximum Gasteiger partial charge on any atom is 0.417 e. The van der Waals surface area contributed by atoms with E-state index in [0.717, 1.165) is 12.3 Å². The van der Waals surface area contributed by atoms with Gasteiger partial charge in [0, 0.05) is 23.3 Å². The van der Waals surface area contributed by atoms with Crippen molar-refractivity contribution < 1.29 is 13.2 Å². The van der Waals surface area contributed by atoms with Crippen LogP contribution in [0.2, 0.25) is 0 Å². The smallest absolute Gasteiger partial charge is 0.263 e. The molecule has 0 atom stereocenters. The summed E-state index contributed by atoms with van der Waals surface area (Å²) in [4.78, 5) is 7.60. The third-order valence-corrected chi connectivity index (χ3v) is 3.20. The summed E-state index contributed by atoms with van der Waals surface area (Å²) in [5.74, 6) is 0. The van der Waals surface area contributed by atoms with E-state index in [4.69, 9.17) is 0 Å². The SMILES string of the molecule is FC(F)(F)c1cncc(-c2csc(Br)n2)c1. The van der Waals surface area contributed by atoms with Crippen molar-refractivity contribution in [3.05, 3.63) is 33.3 Å². The molecule has 0 spiro atoms. The second-order valence-electron chi connectivity index (χ2n) is 2.95. The standard InChI is InChI=1S/C9H4BrF3N2S/c10-8-15-7(4-16-8)5-1-6(3-14-2-5)9(11,12)13/h1-4H. The third kappa shape index (κ3) is 2.41. The van der Waals surface area contributed by atoms with Crippen molar-refractivity contribution in [3.8, 4) is 11.3 Å². The van der Waals surface area contributed by atoms with Gasteiger partial charge in [-0.05, 0) is 22.0 Å². The fourth-order valence-corrected chi connectivity index (χ4v) is 2.14. The van der Waals surface area contributed by atoms with Crippen LogP contribution < -0.4 is 0 Å². The molecule has 0 fully saturated rings. The molecule has 2 heterocycles. The molecule has 0 aromatic carbocycles. The van der Waals surface area contributed by atoms with E-state index in [0.29, 0.717) is 15.2 Å². The van der Waals surface area contributed by atoms with Crippen LogP contribution in [0.5, 0.6) is 0 Å². The fraction of sp³-hybridized carbons (Fsp3) is 0.111. The van der Waals surface area contributed by atoms with E-state index in [9.17, 15) is 13.2 Å². The Labute approximate surface area is 101 Å². The number of thiazole rings is 1. The predicted octanol–water partition coefficient (Wildman–Crippen LogP) is 3.99. The molecule has 0 aliphatic carbocycles. The van der Waals surface area contributed by atoms with Crippen LogP contribution in [0.3, 0.4) is 0 Å². The van der Waals surface area contributed by atoms with Gasteiger partial charge in [0.15, 0.2) is 3.92 Å². The van der Waals surface area contributed by atoms with Crippen LogP contribution in [0.15, 0.2) is 27.8 Å². The Morgan fingerprint density at radius 3 is 2.56 bits per heavy atom. The summed E-state index contributed by atoms with van der Waals surface area (Å²) in [6.07, 6.45) is -2.22. The minimum absolute atomic E-state index is 0.358. The number of halogens is 4. The summed E-state index contributed by atoms with van der Waals surface area (Å²) < 4.78 is 37.9. The van der Waals surface area contributed by atoms with Crippen LogP contribution in [0.1, 0.15) is 5.56 Å². The van der Waals surface area contributed by atoms with Crippen LogP contribution in [-0.4, -0.2) is 9.97 Å². The van der Waals surface area contributed by atoms with Crippen molar-refractivity contribution in [1.29, 1.82) is 0 Å². The maximum absolute atomic E-state index is 12.4. The van der Waals surface area contributed by atoms with E-state index in [1.165, 1.54) is 17.5 Å². The highest BCUT2D eigenvalue weighted by molar-refractivity contribution is 9.11. The van der Waals surface area contributed by atoms with Gasteiger partial charge in [-0.25, -0.2) is 4.98 Å². The molecule has 2 nitrogen and oxygen atoms in total. The molecule has 0 aliphatic heterocycles. The lowest BCUT2D eigenvalue weighted by Crippen LogP contribution is -2.05. The molecular formula is C9H4BrF3N2S. The molecule has 2 rings (SSSR count). The average molecular weight is 309 g/mol. The Morgan fingerprint density at radius 1 is 1.25 bits per heavy atom. The molecule has 0 saturated heterocycles. The van der Waals surface area contributed by atoms with E-state index in [1.54, 1.807) is 5.38 Å². The van der Waals surface area contributed by atoms with Crippen molar-refractivity contribution >= 4 is 27.3 Å². The van der Waals surface area contributed by atoms with Crippen molar-refractivity contribution in [2.24, 2.45) is 0 Å². The van der Waals surface area contributed by atoms with Crippen molar-refractivity contribution in [2.75, 3.05) is 0 Å². The van der Waals surface area contributed by atoms with Gasteiger partial charge in [0.05, 0.1) is 11.3 Å². The van der Waals surface area contributed by atoms with Gasteiger partial charge in [0.2, 0.25) is 0 Å². The summed E-state index contributed by atoms with van der Waals surface area (Å²) in [5.41, 5.74) is 0.0707. The number of hydrogen-bond donors (Lipinski definition) is 0. The van der Waals surface area contributed by atoms with Gasteiger partial charge in [-0.1, -0.05) is 0 Å². The minimum Gasteiger partial charge on any atom is -0.263 e. The van der Waals surface area contributed by atoms with E-state index in [2.05, 4.69) is 25.9 Å². The number of rotatable bonds is 1. The number of nitrogens with zero attached hydrogens (tertiary/aromatic N) is 2. The highest BCUT2D eigenvalue weighted by atomic mass is 79.9. The summed E-state index contributed by atoms with van der Waals surface area (Å²) in [5, 5.41) is 1.67. The molecule has 0 N–H and O–H groups in total. The first-order valence-corrected chi connectivity index (χ1v) is 5.78. The van der Waals surface area contributed by atoms with E-state index in [1.807, 2.05) is 0 Å². The average Bonchev–Trinajstić information content (AvgIpc) is 2.64. The fourth-order valence-electron chi connectivity index (χ4n) is 1.12. The zero-order valence-electron chi connectivity index (χ0n) is 7.62. The monoisotopic (exact) mass is 308 g/mol. The molecule has 2 aromatic rings.